The molecule has 14 heavy (non-hydrogen) atoms. The zero-order valence-electron chi connectivity index (χ0n) is 9.45. The van der Waals surface area contributed by atoms with Gasteiger partial charge in [-0.1, -0.05) is 0 Å². The van der Waals surface area contributed by atoms with Gasteiger partial charge in [0.25, 0.3) is 0 Å². The molecule has 0 heterocycles. The third kappa shape index (κ3) is 2.57. The fraction of sp³-hybridized carbons (Fsp3) is 1.00. The molecule has 5 heteroatoms. The third-order valence-corrected chi connectivity index (χ3v) is 5.07. The quantitative estimate of drug-likeness (QED) is 0.643. The summed E-state index contributed by atoms with van der Waals surface area (Å²) in [6, 6.07) is 0. The Morgan fingerprint density at radius 3 is 2.07 bits per heavy atom. The van der Waals surface area contributed by atoms with Gasteiger partial charge in [0.15, 0.2) is 0 Å². The maximum Gasteiger partial charge on any atom is 0.330 e. The minimum Gasteiger partial charge on any atom is -0.312 e. The Kier molecular flexibility index (Phi) is 3.75. The summed E-state index contributed by atoms with van der Waals surface area (Å²) < 4.78 is 21.6. The van der Waals surface area contributed by atoms with Crippen LogP contribution in [0, 0.1) is 0 Å². The normalized spacial score (nSPS) is 20.1. The average molecular weight is 221 g/mol. The molecule has 0 atom stereocenters. The summed E-state index contributed by atoms with van der Waals surface area (Å²) >= 11 is 0. The number of hydrogen-bond acceptors (Lipinski definition) is 4. The first kappa shape index (κ1) is 12.2. The summed E-state index contributed by atoms with van der Waals surface area (Å²) in [4.78, 5) is 2.21. The number of nitrogens with zero attached hydrogens (tertiary/aromatic N) is 1. The first-order chi connectivity index (χ1) is 6.48. The van der Waals surface area contributed by atoms with Gasteiger partial charge < -0.3 is 13.9 Å². The largest absolute Gasteiger partial charge is 0.330 e. The van der Waals surface area contributed by atoms with Crippen molar-refractivity contribution in [3.8, 4) is 0 Å². The van der Waals surface area contributed by atoms with Crippen molar-refractivity contribution >= 4 is 7.60 Å². The van der Waals surface area contributed by atoms with Gasteiger partial charge in [0, 0.05) is 19.8 Å². The summed E-state index contributed by atoms with van der Waals surface area (Å²) in [5, 5.41) is 0. The summed E-state index contributed by atoms with van der Waals surface area (Å²) in [5.74, 6) is 0. The molecule has 0 amide bonds. The number of rotatable bonds is 6. The molecule has 0 bridgehead atoms. The van der Waals surface area contributed by atoms with E-state index in [9.17, 15) is 4.57 Å². The number of hydrogen-bond donors (Lipinski definition) is 0. The highest BCUT2D eigenvalue weighted by Gasteiger charge is 2.45. The predicted molar refractivity (Wildman–Crippen MR) is 56.8 cm³/mol. The molecule has 1 rings (SSSR count). The molecule has 0 aliphatic heterocycles. The van der Waals surface area contributed by atoms with Crippen LogP contribution in [0.25, 0.3) is 0 Å². The van der Waals surface area contributed by atoms with Crippen LogP contribution >= 0.6 is 7.60 Å². The highest BCUT2D eigenvalue weighted by Crippen LogP contribution is 2.52. The molecular formula is C9H20NO3P. The maximum atomic E-state index is 11.8. The molecule has 4 nitrogen and oxygen atoms in total. The van der Waals surface area contributed by atoms with Gasteiger partial charge >= 0.3 is 7.60 Å². The summed E-state index contributed by atoms with van der Waals surface area (Å²) in [5.41, 5.74) is 0.257. The first-order valence-electron chi connectivity index (χ1n) is 4.86. The van der Waals surface area contributed by atoms with Crippen LogP contribution < -0.4 is 0 Å². The fourth-order valence-corrected chi connectivity index (χ4v) is 2.87. The van der Waals surface area contributed by atoms with Gasteiger partial charge in [-0.05, 0) is 33.4 Å². The lowest BCUT2D eigenvalue weighted by molar-refractivity contribution is 0.245. The van der Waals surface area contributed by atoms with Gasteiger partial charge in [0.2, 0.25) is 0 Å². The lowest BCUT2D eigenvalue weighted by atomic mass is 10.2. The van der Waals surface area contributed by atoms with Gasteiger partial charge in [0.05, 0.1) is 6.16 Å². The topological polar surface area (TPSA) is 38.8 Å². The van der Waals surface area contributed by atoms with Crippen LogP contribution in [0.5, 0.6) is 0 Å². The van der Waals surface area contributed by atoms with E-state index in [0.717, 1.165) is 6.42 Å². The molecule has 0 spiro atoms. The van der Waals surface area contributed by atoms with Gasteiger partial charge in [0.1, 0.15) is 0 Å². The molecular weight excluding hydrogens is 201 g/mol. The summed E-state index contributed by atoms with van der Waals surface area (Å²) in [6.45, 7) is 0. The molecule has 0 aromatic rings. The van der Waals surface area contributed by atoms with E-state index in [4.69, 9.17) is 9.05 Å². The third-order valence-electron chi connectivity index (χ3n) is 3.18. The molecule has 1 aliphatic carbocycles. The van der Waals surface area contributed by atoms with Crippen LogP contribution in [0.3, 0.4) is 0 Å². The Morgan fingerprint density at radius 2 is 1.79 bits per heavy atom. The van der Waals surface area contributed by atoms with E-state index in [1.807, 2.05) is 0 Å². The first-order valence-corrected chi connectivity index (χ1v) is 6.59. The molecule has 1 aliphatic rings. The van der Waals surface area contributed by atoms with E-state index in [0.29, 0.717) is 6.16 Å². The van der Waals surface area contributed by atoms with Gasteiger partial charge in [-0.3, -0.25) is 4.57 Å². The molecule has 0 aromatic heterocycles. The van der Waals surface area contributed by atoms with E-state index < -0.39 is 7.60 Å². The molecule has 0 aromatic carbocycles. The van der Waals surface area contributed by atoms with Crippen molar-refractivity contribution in [1.82, 2.24) is 4.90 Å². The second-order valence-electron chi connectivity index (χ2n) is 4.07. The molecule has 0 radical (unpaired) electrons. The molecule has 0 N–H and O–H groups in total. The zero-order chi connectivity index (χ0) is 10.8. The van der Waals surface area contributed by atoms with Crippen LogP contribution in [-0.2, 0) is 13.6 Å². The smallest absolute Gasteiger partial charge is 0.312 e. The average Bonchev–Trinajstić information content (AvgIpc) is 2.95. The molecule has 0 saturated heterocycles. The minimum atomic E-state index is -2.80. The van der Waals surface area contributed by atoms with Gasteiger partial charge in [-0.25, -0.2) is 0 Å². The predicted octanol–water partition coefficient (Wildman–Crippen LogP) is 1.96. The standard InChI is InChI=1S/C9H20NO3P/c1-10(2)9(5-6-9)7-8-14(11,12-3)13-4/h5-8H2,1-4H3. The van der Waals surface area contributed by atoms with E-state index in [1.54, 1.807) is 0 Å². The molecule has 84 valence electrons. The van der Waals surface area contributed by atoms with Crippen molar-refractivity contribution in [3.63, 3.8) is 0 Å². The summed E-state index contributed by atoms with van der Waals surface area (Å²) in [7, 11) is 4.22. The van der Waals surface area contributed by atoms with E-state index in [1.165, 1.54) is 27.1 Å². The van der Waals surface area contributed by atoms with E-state index in [2.05, 4.69) is 19.0 Å². The fourth-order valence-electron chi connectivity index (χ4n) is 1.67. The Hall–Kier alpha value is 0.110. The van der Waals surface area contributed by atoms with Crippen LogP contribution in [0.4, 0.5) is 0 Å². The summed E-state index contributed by atoms with van der Waals surface area (Å²) in [6.07, 6.45) is 3.78. The van der Waals surface area contributed by atoms with Crippen molar-refractivity contribution < 1.29 is 13.6 Å². The van der Waals surface area contributed by atoms with E-state index >= 15 is 0 Å². The lowest BCUT2D eigenvalue weighted by Crippen LogP contribution is -2.30. The zero-order valence-corrected chi connectivity index (χ0v) is 10.3. The van der Waals surface area contributed by atoms with Crippen molar-refractivity contribution in [3.05, 3.63) is 0 Å². The Balaban J connectivity index is 2.44. The lowest BCUT2D eigenvalue weighted by Gasteiger charge is -2.25. The Morgan fingerprint density at radius 1 is 1.29 bits per heavy atom. The maximum absolute atomic E-state index is 11.8. The van der Waals surface area contributed by atoms with Crippen molar-refractivity contribution in [2.45, 2.75) is 24.8 Å². The SMILES string of the molecule is COP(=O)(CCC1(N(C)C)CC1)OC. The Bertz CT molecular complexity index is 230. The van der Waals surface area contributed by atoms with Crippen LogP contribution in [0.15, 0.2) is 0 Å². The van der Waals surface area contributed by atoms with Crippen molar-refractivity contribution in [2.24, 2.45) is 0 Å². The molecule has 1 saturated carbocycles. The van der Waals surface area contributed by atoms with Gasteiger partial charge in [-0.2, -0.15) is 0 Å². The minimum absolute atomic E-state index is 0.257. The van der Waals surface area contributed by atoms with Gasteiger partial charge in [-0.15, -0.1) is 0 Å². The highest BCUT2D eigenvalue weighted by atomic mass is 31.2. The molecule has 0 unspecified atom stereocenters. The molecule has 1 fully saturated rings. The monoisotopic (exact) mass is 221 g/mol. The Labute approximate surface area is 86.1 Å². The second-order valence-corrected chi connectivity index (χ2v) is 6.47. The van der Waals surface area contributed by atoms with Crippen LogP contribution in [0.1, 0.15) is 19.3 Å². The van der Waals surface area contributed by atoms with Crippen LogP contribution in [-0.4, -0.2) is 44.9 Å². The van der Waals surface area contributed by atoms with Crippen LogP contribution in [0.2, 0.25) is 0 Å². The highest BCUT2D eigenvalue weighted by molar-refractivity contribution is 7.53. The van der Waals surface area contributed by atoms with Crippen molar-refractivity contribution in [1.29, 1.82) is 0 Å². The second kappa shape index (κ2) is 4.31. The van der Waals surface area contributed by atoms with Crippen molar-refractivity contribution in [2.75, 3.05) is 34.5 Å². The van der Waals surface area contributed by atoms with E-state index in [-0.39, 0.29) is 5.54 Å².